The molecule has 0 radical (unpaired) electrons. The van der Waals surface area contributed by atoms with Crippen molar-refractivity contribution in [3.8, 4) is 0 Å². The summed E-state index contributed by atoms with van der Waals surface area (Å²) < 4.78 is 34.2. The lowest BCUT2D eigenvalue weighted by Gasteiger charge is -2.11. The fraction of sp³-hybridized carbons (Fsp3) is 0.583. The molecule has 8 nitrogen and oxygen atoms in total. The van der Waals surface area contributed by atoms with Crippen molar-refractivity contribution in [2.45, 2.75) is 38.6 Å². The summed E-state index contributed by atoms with van der Waals surface area (Å²) in [6.07, 6.45) is 0.727. The van der Waals surface area contributed by atoms with Crippen LogP contribution in [0, 0.1) is 26.7 Å². The number of nitrogens with zero attached hydrogens (tertiary/aromatic N) is 4. The number of sulfonamides is 1. The van der Waals surface area contributed by atoms with Crippen LogP contribution in [-0.2, 0) is 23.0 Å². The van der Waals surface area contributed by atoms with Crippen molar-refractivity contribution >= 4 is 10.0 Å². The molecule has 1 atom stereocenters. The number of fused-ring (bicyclic) bond motifs is 1. The molecule has 2 aromatic heterocycles. The zero-order valence-corrected chi connectivity index (χ0v) is 12.9. The summed E-state index contributed by atoms with van der Waals surface area (Å²) in [4.78, 5) is 0.135. The fourth-order valence-electron chi connectivity index (χ4n) is 2.69. The minimum Gasteiger partial charge on any atom is -0.360 e. The van der Waals surface area contributed by atoms with E-state index in [4.69, 9.17) is 4.52 Å². The Bertz CT molecular complexity index is 757. The first-order valence-electron chi connectivity index (χ1n) is 6.69. The Kier molecular flexibility index (Phi) is 3.33. The van der Waals surface area contributed by atoms with Gasteiger partial charge in [-0.15, -0.1) is 10.2 Å². The van der Waals surface area contributed by atoms with Gasteiger partial charge in [-0.05, 0) is 26.7 Å². The maximum Gasteiger partial charge on any atom is 0.245 e. The van der Waals surface area contributed by atoms with Crippen molar-refractivity contribution in [3.05, 3.63) is 23.1 Å². The summed E-state index contributed by atoms with van der Waals surface area (Å²) >= 11 is 0. The molecular formula is C12H17N5O3S. The Morgan fingerprint density at radius 3 is 2.71 bits per heavy atom. The molecule has 3 heterocycles. The van der Waals surface area contributed by atoms with Gasteiger partial charge in [-0.2, -0.15) is 0 Å². The summed E-state index contributed by atoms with van der Waals surface area (Å²) in [5, 5.41) is 11.8. The normalized spacial score (nSPS) is 18.1. The van der Waals surface area contributed by atoms with Crippen LogP contribution in [-0.4, -0.2) is 34.9 Å². The van der Waals surface area contributed by atoms with Crippen molar-refractivity contribution in [3.63, 3.8) is 0 Å². The Balaban J connectivity index is 1.69. The van der Waals surface area contributed by atoms with Crippen LogP contribution >= 0.6 is 0 Å². The largest absolute Gasteiger partial charge is 0.360 e. The molecule has 3 rings (SSSR count). The molecule has 9 heteroatoms. The van der Waals surface area contributed by atoms with Gasteiger partial charge < -0.3 is 9.09 Å². The van der Waals surface area contributed by atoms with Crippen molar-refractivity contribution in [1.82, 2.24) is 24.6 Å². The third kappa shape index (κ3) is 2.46. The second-order valence-corrected chi connectivity index (χ2v) is 7.05. The highest BCUT2D eigenvalue weighted by molar-refractivity contribution is 7.89. The molecule has 0 fully saturated rings. The SMILES string of the molecule is Cc1noc(C)c1S(=O)(=O)NCC1Cc2nnc(C)n2C1. The number of aryl methyl sites for hydroxylation is 3. The van der Waals surface area contributed by atoms with Gasteiger partial charge in [0.15, 0.2) is 5.76 Å². The lowest BCUT2D eigenvalue weighted by molar-refractivity contribution is 0.390. The molecule has 2 aromatic rings. The predicted molar refractivity (Wildman–Crippen MR) is 73.1 cm³/mol. The second kappa shape index (κ2) is 4.92. The third-order valence-electron chi connectivity index (χ3n) is 3.72. The van der Waals surface area contributed by atoms with Crippen LogP contribution in [0.25, 0.3) is 0 Å². The number of hydrogen-bond acceptors (Lipinski definition) is 6. The second-order valence-electron chi connectivity index (χ2n) is 5.35. The molecule has 0 bridgehead atoms. The molecule has 0 amide bonds. The molecule has 1 unspecified atom stereocenters. The van der Waals surface area contributed by atoms with E-state index < -0.39 is 10.0 Å². The zero-order chi connectivity index (χ0) is 15.2. The average molecular weight is 311 g/mol. The molecule has 1 aliphatic heterocycles. The summed E-state index contributed by atoms with van der Waals surface area (Å²) in [5.41, 5.74) is 0.374. The van der Waals surface area contributed by atoms with Gasteiger partial charge in [0.2, 0.25) is 10.0 Å². The molecular weight excluding hydrogens is 294 g/mol. The molecule has 0 aromatic carbocycles. The van der Waals surface area contributed by atoms with Gasteiger partial charge in [0.1, 0.15) is 22.2 Å². The highest BCUT2D eigenvalue weighted by atomic mass is 32.2. The molecule has 0 spiro atoms. The van der Waals surface area contributed by atoms with E-state index in [0.717, 1.165) is 24.6 Å². The van der Waals surface area contributed by atoms with Crippen LogP contribution in [0.4, 0.5) is 0 Å². The molecule has 0 saturated carbocycles. The Hall–Kier alpha value is -1.74. The highest BCUT2D eigenvalue weighted by Gasteiger charge is 2.28. The molecule has 1 aliphatic rings. The first-order chi connectivity index (χ1) is 9.88. The lowest BCUT2D eigenvalue weighted by Crippen LogP contribution is -2.30. The van der Waals surface area contributed by atoms with E-state index in [0.29, 0.717) is 18.0 Å². The number of hydrogen-bond donors (Lipinski definition) is 1. The molecule has 114 valence electrons. The van der Waals surface area contributed by atoms with Crippen LogP contribution in [0.15, 0.2) is 9.42 Å². The number of aromatic nitrogens is 4. The van der Waals surface area contributed by atoms with Gasteiger partial charge in [0, 0.05) is 19.5 Å². The van der Waals surface area contributed by atoms with E-state index in [-0.39, 0.29) is 10.8 Å². The standard InChI is InChI=1S/C12H17N5O3S/c1-7-12(8(2)20-16-7)21(18,19)13-5-10-4-11-15-14-9(3)17(11)6-10/h10,13H,4-6H2,1-3H3. The summed E-state index contributed by atoms with van der Waals surface area (Å²) in [5.74, 6) is 2.26. The van der Waals surface area contributed by atoms with Gasteiger partial charge in [-0.1, -0.05) is 5.16 Å². The number of nitrogens with one attached hydrogen (secondary N) is 1. The van der Waals surface area contributed by atoms with Crippen molar-refractivity contribution in [1.29, 1.82) is 0 Å². The maximum absolute atomic E-state index is 12.3. The summed E-state index contributed by atoms with van der Waals surface area (Å²) in [6.45, 7) is 6.19. The third-order valence-corrected chi connectivity index (χ3v) is 5.39. The minimum absolute atomic E-state index is 0.135. The monoisotopic (exact) mass is 311 g/mol. The first-order valence-corrected chi connectivity index (χ1v) is 8.18. The Morgan fingerprint density at radius 1 is 1.33 bits per heavy atom. The smallest absolute Gasteiger partial charge is 0.245 e. The summed E-state index contributed by atoms with van der Waals surface area (Å²) in [7, 11) is -3.60. The highest BCUT2D eigenvalue weighted by Crippen LogP contribution is 2.22. The van der Waals surface area contributed by atoms with Crippen molar-refractivity contribution < 1.29 is 12.9 Å². The van der Waals surface area contributed by atoms with E-state index in [1.807, 2.05) is 11.5 Å². The molecule has 21 heavy (non-hydrogen) atoms. The topological polar surface area (TPSA) is 103 Å². The van der Waals surface area contributed by atoms with Crippen LogP contribution in [0.3, 0.4) is 0 Å². The lowest BCUT2D eigenvalue weighted by atomic mass is 10.1. The van der Waals surface area contributed by atoms with Crippen LogP contribution in [0.5, 0.6) is 0 Å². The molecule has 0 aliphatic carbocycles. The van der Waals surface area contributed by atoms with Gasteiger partial charge in [-0.3, -0.25) is 0 Å². The van der Waals surface area contributed by atoms with E-state index >= 15 is 0 Å². The fourth-order valence-corrected chi connectivity index (χ4v) is 4.13. The van der Waals surface area contributed by atoms with Gasteiger partial charge in [0.05, 0.1) is 0 Å². The minimum atomic E-state index is -3.60. The Morgan fingerprint density at radius 2 is 2.10 bits per heavy atom. The quantitative estimate of drug-likeness (QED) is 0.873. The van der Waals surface area contributed by atoms with Gasteiger partial charge in [-0.25, -0.2) is 13.1 Å². The number of rotatable bonds is 4. The first kappa shape index (κ1) is 14.2. The van der Waals surface area contributed by atoms with Gasteiger partial charge >= 0.3 is 0 Å². The van der Waals surface area contributed by atoms with Crippen molar-refractivity contribution in [2.24, 2.45) is 5.92 Å². The maximum atomic E-state index is 12.3. The van der Waals surface area contributed by atoms with E-state index in [1.54, 1.807) is 13.8 Å². The molecule has 0 saturated heterocycles. The van der Waals surface area contributed by atoms with Crippen LogP contribution < -0.4 is 4.72 Å². The average Bonchev–Trinajstić information content (AvgIpc) is 3.05. The van der Waals surface area contributed by atoms with E-state index in [9.17, 15) is 8.42 Å². The van der Waals surface area contributed by atoms with E-state index in [2.05, 4.69) is 20.1 Å². The Labute approximate surface area is 122 Å². The van der Waals surface area contributed by atoms with Gasteiger partial charge in [0.25, 0.3) is 0 Å². The van der Waals surface area contributed by atoms with Crippen LogP contribution in [0.2, 0.25) is 0 Å². The van der Waals surface area contributed by atoms with Crippen molar-refractivity contribution in [2.75, 3.05) is 6.54 Å². The molecule has 1 N–H and O–H groups in total. The van der Waals surface area contributed by atoms with E-state index in [1.165, 1.54) is 0 Å². The zero-order valence-electron chi connectivity index (χ0n) is 12.1. The van der Waals surface area contributed by atoms with Crippen LogP contribution in [0.1, 0.15) is 23.1 Å². The predicted octanol–water partition coefficient (Wildman–Crippen LogP) is 0.342. The summed E-state index contributed by atoms with van der Waals surface area (Å²) in [6, 6.07) is 0.